The first-order valence-electron chi connectivity index (χ1n) is 8.98. The quantitative estimate of drug-likeness (QED) is 0.577. The number of rotatable bonds is 4. The van der Waals surface area contributed by atoms with E-state index in [1.54, 1.807) is 5.01 Å². The van der Waals surface area contributed by atoms with Crippen LogP contribution in [0.4, 0.5) is 18.9 Å². The SMILES string of the molecule is CC(=O)N(CC#N)CC1CN(c2ccc(C(F)(F)F)cc2)C2CC[N+](=O)N2C1. The van der Waals surface area contributed by atoms with Crippen molar-refractivity contribution < 1.29 is 22.8 Å². The zero-order valence-corrected chi connectivity index (χ0v) is 15.4. The highest BCUT2D eigenvalue weighted by Crippen LogP contribution is 2.34. The van der Waals surface area contributed by atoms with Gasteiger partial charge in [0.2, 0.25) is 12.5 Å². The van der Waals surface area contributed by atoms with Crippen LogP contribution in [0.15, 0.2) is 24.3 Å². The highest BCUT2D eigenvalue weighted by molar-refractivity contribution is 5.73. The van der Waals surface area contributed by atoms with E-state index in [-0.39, 0.29) is 24.5 Å². The molecule has 2 fully saturated rings. The molecule has 28 heavy (non-hydrogen) atoms. The second kappa shape index (κ2) is 7.66. The van der Waals surface area contributed by atoms with E-state index in [2.05, 4.69) is 0 Å². The Bertz CT molecular complexity index is 790. The maximum atomic E-state index is 12.8. The average Bonchev–Trinajstić information content (AvgIpc) is 3.01. The number of fused-ring (bicyclic) bond motifs is 1. The van der Waals surface area contributed by atoms with E-state index in [9.17, 15) is 22.9 Å². The van der Waals surface area contributed by atoms with E-state index in [1.807, 2.05) is 11.0 Å². The summed E-state index contributed by atoms with van der Waals surface area (Å²) in [4.78, 5) is 28.2. The normalized spacial score (nSPS) is 22.0. The van der Waals surface area contributed by atoms with Gasteiger partial charge in [0.15, 0.2) is 6.17 Å². The van der Waals surface area contributed by atoms with E-state index in [0.29, 0.717) is 38.3 Å². The number of alkyl halides is 3. The number of anilines is 1. The third-order valence-electron chi connectivity index (χ3n) is 5.18. The standard InChI is InChI=1S/C18H21F3N5O2/c1-13(27)23(9-7-22)10-14-11-24(17-6-8-26(28)25(17)12-14)16-4-2-15(3-5-16)18(19,20)21/h2-5,14,17H,6,8-12H2,1H3/q+1. The summed E-state index contributed by atoms with van der Waals surface area (Å²) in [6.45, 7) is 2.86. The monoisotopic (exact) mass is 396 g/mol. The van der Waals surface area contributed by atoms with Crippen LogP contribution in [0.5, 0.6) is 0 Å². The van der Waals surface area contributed by atoms with Crippen LogP contribution in [0.2, 0.25) is 0 Å². The van der Waals surface area contributed by atoms with Crippen LogP contribution in [-0.4, -0.2) is 59.6 Å². The molecular weight excluding hydrogens is 375 g/mol. The lowest BCUT2D eigenvalue weighted by atomic mass is 10.0. The Morgan fingerprint density at radius 2 is 2.00 bits per heavy atom. The number of nitroso groups, excluding NO2 is 1. The highest BCUT2D eigenvalue weighted by atomic mass is 19.4. The van der Waals surface area contributed by atoms with Crippen LogP contribution < -0.4 is 4.90 Å². The summed E-state index contributed by atoms with van der Waals surface area (Å²) in [5, 5.41) is 10.6. The van der Waals surface area contributed by atoms with Crippen molar-refractivity contribution in [2.75, 3.05) is 37.6 Å². The molecule has 0 radical (unpaired) electrons. The molecule has 2 heterocycles. The molecule has 2 unspecified atom stereocenters. The van der Waals surface area contributed by atoms with Gasteiger partial charge in [-0.2, -0.15) is 18.4 Å². The van der Waals surface area contributed by atoms with Crippen molar-refractivity contribution in [3.8, 4) is 6.07 Å². The molecule has 1 amide bonds. The molecule has 0 spiro atoms. The summed E-state index contributed by atoms with van der Waals surface area (Å²) in [5.41, 5.74) is -0.132. The van der Waals surface area contributed by atoms with Crippen LogP contribution in [-0.2, 0) is 11.0 Å². The Balaban J connectivity index is 1.83. The maximum Gasteiger partial charge on any atom is 0.416 e. The minimum absolute atomic E-state index is 0.0450. The molecule has 1 aromatic carbocycles. The number of halogens is 3. The summed E-state index contributed by atoms with van der Waals surface area (Å²) in [6, 6.07) is 6.84. The molecule has 10 heteroatoms. The van der Waals surface area contributed by atoms with Crippen molar-refractivity contribution in [3.63, 3.8) is 0 Å². The van der Waals surface area contributed by atoms with Gasteiger partial charge in [-0.15, -0.1) is 5.01 Å². The number of nitrogens with zero attached hydrogens (tertiary/aromatic N) is 5. The fourth-order valence-corrected chi connectivity index (χ4v) is 3.84. The Morgan fingerprint density at radius 1 is 1.32 bits per heavy atom. The van der Waals surface area contributed by atoms with Crippen molar-refractivity contribution in [2.45, 2.75) is 25.7 Å². The van der Waals surface area contributed by atoms with E-state index in [0.717, 1.165) is 17.0 Å². The van der Waals surface area contributed by atoms with Crippen molar-refractivity contribution in [1.29, 1.82) is 5.26 Å². The minimum Gasteiger partial charge on any atom is -0.346 e. The fraction of sp³-hybridized carbons (Fsp3) is 0.556. The Morgan fingerprint density at radius 3 is 2.57 bits per heavy atom. The van der Waals surface area contributed by atoms with Gasteiger partial charge in [0.1, 0.15) is 11.4 Å². The van der Waals surface area contributed by atoms with E-state index in [1.165, 1.54) is 24.0 Å². The van der Waals surface area contributed by atoms with Crippen molar-refractivity contribution in [1.82, 2.24) is 9.91 Å². The number of carbonyl (C=O) groups excluding carboxylic acids is 1. The lowest BCUT2D eigenvalue weighted by molar-refractivity contribution is -0.692. The van der Waals surface area contributed by atoms with E-state index < -0.39 is 11.7 Å². The van der Waals surface area contributed by atoms with Crippen LogP contribution in [0.1, 0.15) is 18.9 Å². The minimum atomic E-state index is -4.41. The number of hydrazine groups is 1. The number of nitriles is 1. The van der Waals surface area contributed by atoms with Gasteiger partial charge in [-0.1, -0.05) is 0 Å². The fourth-order valence-electron chi connectivity index (χ4n) is 3.84. The molecular formula is C18H21F3N5O2+. The lowest BCUT2D eigenvalue weighted by Gasteiger charge is -2.41. The second-order valence-electron chi connectivity index (χ2n) is 7.09. The van der Waals surface area contributed by atoms with Crippen LogP contribution >= 0.6 is 0 Å². The average molecular weight is 396 g/mol. The first-order chi connectivity index (χ1) is 13.2. The summed E-state index contributed by atoms with van der Waals surface area (Å²) < 4.78 is 38.5. The van der Waals surface area contributed by atoms with Crippen LogP contribution in [0.25, 0.3) is 0 Å². The Kier molecular flexibility index (Phi) is 5.45. The third kappa shape index (κ3) is 4.03. The van der Waals surface area contributed by atoms with Crippen LogP contribution in [0, 0.1) is 22.2 Å². The molecule has 0 bridgehead atoms. The zero-order valence-electron chi connectivity index (χ0n) is 15.4. The van der Waals surface area contributed by atoms with Gasteiger partial charge in [0.05, 0.1) is 29.5 Å². The molecule has 2 aliphatic rings. The number of carbonyl (C=O) groups is 1. The van der Waals surface area contributed by atoms with Crippen molar-refractivity contribution in [3.05, 3.63) is 34.7 Å². The third-order valence-corrected chi connectivity index (χ3v) is 5.18. The summed E-state index contributed by atoms with van der Waals surface area (Å²) >= 11 is 0. The molecule has 0 aromatic heterocycles. The van der Waals surface area contributed by atoms with E-state index >= 15 is 0 Å². The van der Waals surface area contributed by atoms with Gasteiger partial charge < -0.3 is 9.80 Å². The van der Waals surface area contributed by atoms with Gasteiger partial charge in [-0.25, -0.2) is 0 Å². The number of benzene rings is 1. The molecule has 1 aromatic rings. The molecule has 2 atom stereocenters. The molecule has 2 aliphatic heterocycles. The molecule has 0 N–H and O–H groups in total. The van der Waals surface area contributed by atoms with E-state index in [4.69, 9.17) is 5.26 Å². The Hall–Kier alpha value is -2.83. The number of hydrogen-bond donors (Lipinski definition) is 0. The first-order valence-corrected chi connectivity index (χ1v) is 8.98. The summed E-state index contributed by atoms with van der Waals surface area (Å²) in [5.74, 6) is -0.351. The Labute approximate surface area is 160 Å². The molecule has 150 valence electrons. The summed E-state index contributed by atoms with van der Waals surface area (Å²) in [7, 11) is 0. The molecule has 2 saturated heterocycles. The smallest absolute Gasteiger partial charge is 0.346 e. The predicted octanol–water partition coefficient (Wildman–Crippen LogP) is 2.24. The van der Waals surface area contributed by atoms with Gasteiger partial charge >= 0.3 is 6.18 Å². The molecule has 7 nitrogen and oxygen atoms in total. The molecule has 3 rings (SSSR count). The maximum absolute atomic E-state index is 12.8. The highest BCUT2D eigenvalue weighted by Gasteiger charge is 2.47. The largest absolute Gasteiger partial charge is 0.416 e. The zero-order chi connectivity index (χ0) is 20.5. The van der Waals surface area contributed by atoms with Gasteiger partial charge in [-0.05, 0) is 24.3 Å². The van der Waals surface area contributed by atoms with Gasteiger partial charge in [-0.3, -0.25) is 4.79 Å². The van der Waals surface area contributed by atoms with Crippen molar-refractivity contribution >= 4 is 11.6 Å². The van der Waals surface area contributed by atoms with Crippen LogP contribution in [0.3, 0.4) is 0 Å². The lowest BCUT2D eigenvalue weighted by Crippen LogP contribution is -2.58. The second-order valence-corrected chi connectivity index (χ2v) is 7.09. The van der Waals surface area contributed by atoms with Crippen molar-refractivity contribution in [2.24, 2.45) is 5.92 Å². The number of amides is 1. The van der Waals surface area contributed by atoms with Gasteiger partial charge in [0, 0.05) is 31.6 Å². The first kappa shape index (κ1) is 19.9. The molecule has 0 saturated carbocycles. The number of hydrogen-bond acceptors (Lipinski definition) is 4. The van der Waals surface area contributed by atoms with Gasteiger partial charge in [0.25, 0.3) is 0 Å². The topological polar surface area (TPSA) is 70.7 Å². The molecule has 0 aliphatic carbocycles. The predicted molar refractivity (Wildman–Crippen MR) is 93.8 cm³/mol. The summed E-state index contributed by atoms with van der Waals surface area (Å²) in [6.07, 6.45) is -4.06.